The molecule has 0 aliphatic heterocycles. The highest BCUT2D eigenvalue weighted by Gasteiger charge is 2.18. The first-order valence-electron chi connectivity index (χ1n) is 8.02. The summed E-state index contributed by atoms with van der Waals surface area (Å²) in [6.07, 6.45) is 2.74. The van der Waals surface area contributed by atoms with Crippen LogP contribution < -0.4 is 0 Å². The van der Waals surface area contributed by atoms with Crippen molar-refractivity contribution in [2.24, 2.45) is 0 Å². The van der Waals surface area contributed by atoms with Gasteiger partial charge in [0.05, 0.1) is 5.25 Å². The highest BCUT2D eigenvalue weighted by atomic mass is 32.2. The molecule has 0 unspecified atom stereocenters. The minimum atomic E-state index is 0.192. The Hall–Kier alpha value is -2.11. The Morgan fingerprint density at radius 1 is 1.00 bits per heavy atom. The number of benzene rings is 2. The van der Waals surface area contributed by atoms with Gasteiger partial charge in [0.25, 0.3) is 0 Å². The van der Waals surface area contributed by atoms with Gasteiger partial charge in [-0.05, 0) is 17.5 Å². The van der Waals surface area contributed by atoms with E-state index in [1.165, 1.54) is 11.1 Å². The summed E-state index contributed by atoms with van der Waals surface area (Å²) < 4.78 is 7.24. The van der Waals surface area contributed by atoms with Crippen molar-refractivity contribution in [2.75, 3.05) is 13.7 Å². The summed E-state index contributed by atoms with van der Waals surface area (Å²) in [6, 6.07) is 21.1. The van der Waals surface area contributed by atoms with Crippen LogP contribution in [0.1, 0.15) is 22.8 Å². The number of ether oxygens (including phenoxy) is 1. The number of nitrogens with zero attached hydrogens (tertiary/aromatic N) is 3. The van der Waals surface area contributed by atoms with E-state index in [4.69, 9.17) is 4.74 Å². The van der Waals surface area contributed by atoms with Crippen LogP contribution in [0.2, 0.25) is 0 Å². The monoisotopic (exact) mass is 339 g/mol. The van der Waals surface area contributed by atoms with E-state index in [1.807, 2.05) is 12.1 Å². The zero-order valence-electron chi connectivity index (χ0n) is 13.7. The molecule has 0 saturated heterocycles. The highest BCUT2D eigenvalue weighted by Crippen LogP contribution is 2.39. The fourth-order valence-electron chi connectivity index (χ4n) is 2.56. The molecule has 3 rings (SSSR count). The van der Waals surface area contributed by atoms with Crippen molar-refractivity contribution in [2.45, 2.75) is 23.4 Å². The van der Waals surface area contributed by atoms with E-state index in [2.05, 4.69) is 63.3 Å². The molecule has 3 aromatic rings. The first kappa shape index (κ1) is 16.7. The van der Waals surface area contributed by atoms with Crippen molar-refractivity contribution < 1.29 is 4.74 Å². The minimum absolute atomic E-state index is 0.192. The maximum Gasteiger partial charge on any atom is 0.191 e. The molecule has 0 radical (unpaired) electrons. The van der Waals surface area contributed by atoms with Crippen molar-refractivity contribution in [1.29, 1.82) is 0 Å². The number of aryl methyl sites for hydroxylation is 1. The number of aromatic nitrogens is 3. The summed E-state index contributed by atoms with van der Waals surface area (Å²) in [5.74, 6) is 0. The SMILES string of the molecule is COCCCn1cnnc1SC(c1ccccc1)c1ccccc1. The third kappa shape index (κ3) is 4.24. The third-order valence-electron chi connectivity index (χ3n) is 3.76. The molecule has 0 atom stereocenters. The maximum absolute atomic E-state index is 5.14. The van der Waals surface area contributed by atoms with E-state index >= 15 is 0 Å². The summed E-state index contributed by atoms with van der Waals surface area (Å²) in [5, 5.41) is 9.54. The fourth-order valence-corrected chi connectivity index (χ4v) is 3.72. The van der Waals surface area contributed by atoms with Crippen LogP contribution in [-0.4, -0.2) is 28.5 Å². The predicted octanol–water partition coefficient (Wildman–Crippen LogP) is 4.20. The Labute approximate surface area is 146 Å². The van der Waals surface area contributed by atoms with Gasteiger partial charge in [0, 0.05) is 20.3 Å². The lowest BCUT2D eigenvalue weighted by atomic mass is 10.0. The molecule has 0 spiro atoms. The largest absolute Gasteiger partial charge is 0.385 e. The average molecular weight is 339 g/mol. The molecule has 0 fully saturated rings. The topological polar surface area (TPSA) is 39.9 Å². The molecule has 0 N–H and O–H groups in total. The molecule has 0 amide bonds. The smallest absolute Gasteiger partial charge is 0.191 e. The molecule has 0 aliphatic rings. The molecule has 0 aliphatic carbocycles. The zero-order valence-corrected chi connectivity index (χ0v) is 14.5. The Balaban J connectivity index is 1.84. The second-order valence-electron chi connectivity index (χ2n) is 5.47. The van der Waals surface area contributed by atoms with Crippen LogP contribution in [0.15, 0.2) is 72.1 Å². The van der Waals surface area contributed by atoms with Crippen LogP contribution in [-0.2, 0) is 11.3 Å². The Bertz CT molecular complexity index is 691. The van der Waals surface area contributed by atoms with Crippen LogP contribution in [0.5, 0.6) is 0 Å². The summed E-state index contributed by atoms with van der Waals surface area (Å²) in [7, 11) is 1.72. The van der Waals surface area contributed by atoms with Gasteiger partial charge in [-0.1, -0.05) is 72.4 Å². The van der Waals surface area contributed by atoms with Gasteiger partial charge in [-0.25, -0.2) is 0 Å². The number of rotatable bonds is 8. The van der Waals surface area contributed by atoms with Crippen LogP contribution in [0.4, 0.5) is 0 Å². The summed E-state index contributed by atoms with van der Waals surface area (Å²) in [5.41, 5.74) is 2.53. The van der Waals surface area contributed by atoms with E-state index in [9.17, 15) is 0 Å². The lowest BCUT2D eigenvalue weighted by Crippen LogP contribution is -2.04. The van der Waals surface area contributed by atoms with Gasteiger partial charge in [-0.2, -0.15) is 0 Å². The summed E-state index contributed by atoms with van der Waals surface area (Å²) >= 11 is 1.73. The van der Waals surface area contributed by atoms with E-state index in [0.717, 1.165) is 24.7 Å². The molecule has 124 valence electrons. The standard InChI is InChI=1S/C19H21N3OS/c1-23-14-8-13-22-15-20-21-19(22)24-18(16-9-4-2-5-10-16)17-11-6-3-7-12-17/h2-7,9-12,15,18H,8,13-14H2,1H3. The molecule has 5 heteroatoms. The van der Waals surface area contributed by atoms with Crippen molar-refractivity contribution in [3.05, 3.63) is 78.1 Å². The normalized spacial score (nSPS) is 11.1. The van der Waals surface area contributed by atoms with E-state index in [0.29, 0.717) is 0 Å². The fraction of sp³-hybridized carbons (Fsp3) is 0.263. The second kappa shape index (κ2) is 8.66. The number of methoxy groups -OCH3 is 1. The van der Waals surface area contributed by atoms with Crippen molar-refractivity contribution in [3.8, 4) is 0 Å². The van der Waals surface area contributed by atoms with Gasteiger partial charge in [0.15, 0.2) is 5.16 Å². The van der Waals surface area contributed by atoms with Gasteiger partial charge in [-0.3, -0.25) is 0 Å². The Morgan fingerprint density at radius 2 is 1.62 bits per heavy atom. The van der Waals surface area contributed by atoms with Crippen molar-refractivity contribution >= 4 is 11.8 Å². The van der Waals surface area contributed by atoms with Crippen LogP contribution in [0.3, 0.4) is 0 Å². The number of thioether (sulfide) groups is 1. The molecule has 0 saturated carbocycles. The van der Waals surface area contributed by atoms with Crippen LogP contribution in [0, 0.1) is 0 Å². The van der Waals surface area contributed by atoms with Gasteiger partial charge in [0.2, 0.25) is 0 Å². The van der Waals surface area contributed by atoms with Gasteiger partial charge >= 0.3 is 0 Å². The molecule has 2 aromatic carbocycles. The predicted molar refractivity (Wildman–Crippen MR) is 97.1 cm³/mol. The van der Waals surface area contributed by atoms with Crippen molar-refractivity contribution in [3.63, 3.8) is 0 Å². The minimum Gasteiger partial charge on any atom is -0.385 e. The summed E-state index contributed by atoms with van der Waals surface area (Å²) in [4.78, 5) is 0. The van der Waals surface area contributed by atoms with Crippen LogP contribution in [0.25, 0.3) is 0 Å². The van der Waals surface area contributed by atoms with Crippen molar-refractivity contribution in [1.82, 2.24) is 14.8 Å². The molecule has 1 aromatic heterocycles. The van der Waals surface area contributed by atoms with Gasteiger partial charge in [0.1, 0.15) is 6.33 Å². The number of hydrogen-bond acceptors (Lipinski definition) is 4. The lowest BCUT2D eigenvalue weighted by molar-refractivity contribution is 0.189. The van der Waals surface area contributed by atoms with E-state index < -0.39 is 0 Å². The molecule has 1 heterocycles. The molecule has 4 nitrogen and oxygen atoms in total. The second-order valence-corrected chi connectivity index (χ2v) is 6.54. The van der Waals surface area contributed by atoms with E-state index in [1.54, 1.807) is 25.2 Å². The van der Waals surface area contributed by atoms with Crippen LogP contribution >= 0.6 is 11.8 Å². The number of hydrogen-bond donors (Lipinski definition) is 0. The molecule has 24 heavy (non-hydrogen) atoms. The average Bonchev–Trinajstić information content (AvgIpc) is 3.08. The van der Waals surface area contributed by atoms with Gasteiger partial charge < -0.3 is 9.30 Å². The third-order valence-corrected chi connectivity index (χ3v) is 5.06. The molecule has 0 bridgehead atoms. The van der Waals surface area contributed by atoms with E-state index in [-0.39, 0.29) is 5.25 Å². The first-order valence-corrected chi connectivity index (χ1v) is 8.89. The molecular weight excluding hydrogens is 318 g/mol. The zero-order chi connectivity index (χ0) is 16.6. The lowest BCUT2D eigenvalue weighted by Gasteiger charge is -2.17. The maximum atomic E-state index is 5.14. The summed E-state index contributed by atoms with van der Waals surface area (Å²) in [6.45, 7) is 1.60. The van der Waals surface area contributed by atoms with Gasteiger partial charge in [-0.15, -0.1) is 10.2 Å². The Kier molecular flexibility index (Phi) is 6.04. The first-order chi connectivity index (χ1) is 11.9. The highest BCUT2D eigenvalue weighted by molar-refractivity contribution is 7.99. The molecular formula is C19H21N3OS. The quantitative estimate of drug-likeness (QED) is 0.455. The Morgan fingerprint density at radius 3 is 2.21 bits per heavy atom.